The second kappa shape index (κ2) is 8.01. The number of carbonyl (C=O) groups is 1. The number of rotatable bonds is 6. The topological polar surface area (TPSA) is 42.4 Å². The molecule has 2 heterocycles. The smallest absolute Gasteiger partial charge is 0.376 e. The zero-order valence-corrected chi connectivity index (χ0v) is 13.6. The van der Waals surface area contributed by atoms with E-state index in [1.807, 2.05) is 6.92 Å². The zero-order valence-electron chi connectivity index (χ0n) is 12.8. The number of aromatic nitrogens is 1. The first-order chi connectivity index (χ1) is 10.9. The van der Waals surface area contributed by atoms with E-state index in [9.17, 15) is 18.0 Å². The summed E-state index contributed by atoms with van der Waals surface area (Å²) in [6.07, 6.45) is -0.940. The summed E-state index contributed by atoms with van der Waals surface area (Å²) in [4.78, 5) is 18.1. The molecule has 1 saturated heterocycles. The molecule has 2 rings (SSSR count). The summed E-state index contributed by atoms with van der Waals surface area (Å²) in [5.74, 6) is -1.23. The van der Waals surface area contributed by atoms with Crippen LogP contribution in [0.15, 0.2) is 23.4 Å². The molecule has 128 valence electrons. The Kier molecular flexibility index (Phi) is 6.29. The third kappa shape index (κ3) is 5.69. The van der Waals surface area contributed by atoms with Crippen LogP contribution in [-0.4, -0.2) is 53.5 Å². The first-order valence-electron chi connectivity index (χ1n) is 7.45. The Labute approximate surface area is 137 Å². The fourth-order valence-corrected chi connectivity index (χ4v) is 3.01. The average Bonchev–Trinajstić information content (AvgIpc) is 3.02. The van der Waals surface area contributed by atoms with Crippen LogP contribution >= 0.6 is 11.8 Å². The number of hydrogen-bond acceptors (Lipinski definition) is 4. The third-order valence-electron chi connectivity index (χ3n) is 3.48. The fourth-order valence-electron chi connectivity index (χ4n) is 2.35. The molecule has 4 nitrogen and oxygen atoms in total. The summed E-state index contributed by atoms with van der Waals surface area (Å²) >= 11 is 0.580. The van der Waals surface area contributed by atoms with E-state index < -0.39 is 11.9 Å². The van der Waals surface area contributed by atoms with Gasteiger partial charge in [-0.05, 0) is 31.9 Å². The summed E-state index contributed by atoms with van der Waals surface area (Å²) in [5, 5.41) is 0.196. The van der Waals surface area contributed by atoms with Gasteiger partial charge in [-0.1, -0.05) is 11.8 Å². The predicted octanol–water partition coefficient (Wildman–Crippen LogP) is 3.38. The predicted molar refractivity (Wildman–Crippen MR) is 81.6 cm³/mol. The molecule has 0 aromatic carbocycles. The first-order valence-corrected chi connectivity index (χ1v) is 8.44. The van der Waals surface area contributed by atoms with E-state index in [1.54, 1.807) is 4.90 Å². The maximum atomic E-state index is 12.5. The Bertz CT molecular complexity index is 534. The molecule has 1 aliphatic rings. The van der Waals surface area contributed by atoms with Gasteiger partial charge in [-0.3, -0.25) is 4.79 Å². The van der Waals surface area contributed by atoms with Gasteiger partial charge in [0, 0.05) is 31.5 Å². The van der Waals surface area contributed by atoms with Crippen molar-refractivity contribution in [1.29, 1.82) is 0 Å². The highest BCUT2D eigenvalue weighted by Crippen LogP contribution is 2.26. The largest absolute Gasteiger partial charge is 0.398 e. The van der Waals surface area contributed by atoms with E-state index in [-0.39, 0.29) is 17.0 Å². The molecule has 8 heteroatoms. The molecule has 0 spiro atoms. The number of amides is 1. The molecule has 0 N–H and O–H groups in total. The summed E-state index contributed by atoms with van der Waals surface area (Å²) < 4.78 is 42.4. The number of likely N-dealkylation sites (N-methyl/N-ethyl adjacent to an activating group) is 1. The van der Waals surface area contributed by atoms with Crippen LogP contribution in [0.4, 0.5) is 13.2 Å². The number of ether oxygens (including phenoxy) is 1. The number of halogens is 3. The minimum absolute atomic E-state index is 0.0415. The van der Waals surface area contributed by atoms with Crippen LogP contribution in [0.3, 0.4) is 0 Å². The number of alkyl halides is 3. The van der Waals surface area contributed by atoms with Crippen molar-refractivity contribution in [2.24, 2.45) is 0 Å². The van der Waals surface area contributed by atoms with E-state index in [4.69, 9.17) is 4.74 Å². The lowest BCUT2D eigenvalue weighted by molar-refractivity contribution is -0.105. The Balaban J connectivity index is 2.02. The molecule has 1 aliphatic heterocycles. The maximum Gasteiger partial charge on any atom is 0.398 e. The fraction of sp³-hybridized carbons (Fsp3) is 0.600. The van der Waals surface area contributed by atoms with Crippen LogP contribution in [0.2, 0.25) is 0 Å². The van der Waals surface area contributed by atoms with Gasteiger partial charge in [0.1, 0.15) is 0 Å². The Morgan fingerprint density at radius 3 is 2.91 bits per heavy atom. The Morgan fingerprint density at radius 1 is 1.52 bits per heavy atom. The molecule has 0 bridgehead atoms. The van der Waals surface area contributed by atoms with Gasteiger partial charge in [-0.2, -0.15) is 13.2 Å². The maximum absolute atomic E-state index is 12.5. The van der Waals surface area contributed by atoms with Crippen molar-refractivity contribution >= 4 is 17.7 Å². The second-order valence-electron chi connectivity index (χ2n) is 5.27. The molecule has 23 heavy (non-hydrogen) atoms. The van der Waals surface area contributed by atoms with Crippen LogP contribution in [0.5, 0.6) is 0 Å². The summed E-state index contributed by atoms with van der Waals surface area (Å²) in [6, 6.07) is 2.94. The zero-order chi connectivity index (χ0) is 16.9. The van der Waals surface area contributed by atoms with E-state index in [1.165, 1.54) is 18.3 Å². The van der Waals surface area contributed by atoms with Crippen LogP contribution < -0.4 is 0 Å². The molecule has 1 atom stereocenters. The van der Waals surface area contributed by atoms with Crippen LogP contribution in [0, 0.1) is 0 Å². The molecule has 1 aromatic heterocycles. The number of pyridine rings is 1. The SMILES string of the molecule is CCN(CC1CCCO1)C(=O)c1ccnc(SCC(F)(F)F)c1. The minimum Gasteiger partial charge on any atom is -0.376 e. The highest BCUT2D eigenvalue weighted by atomic mass is 32.2. The lowest BCUT2D eigenvalue weighted by atomic mass is 10.2. The highest BCUT2D eigenvalue weighted by Gasteiger charge is 2.28. The number of nitrogens with zero attached hydrogens (tertiary/aromatic N) is 2. The van der Waals surface area contributed by atoms with E-state index in [0.29, 0.717) is 37.0 Å². The van der Waals surface area contributed by atoms with Crippen LogP contribution in [-0.2, 0) is 4.74 Å². The molecule has 0 saturated carbocycles. The average molecular weight is 348 g/mol. The molecule has 0 aliphatic carbocycles. The van der Waals surface area contributed by atoms with Crippen molar-refractivity contribution in [2.45, 2.75) is 37.1 Å². The van der Waals surface area contributed by atoms with Crippen molar-refractivity contribution in [3.8, 4) is 0 Å². The van der Waals surface area contributed by atoms with Crippen molar-refractivity contribution in [2.75, 3.05) is 25.4 Å². The minimum atomic E-state index is -4.26. The molecule has 1 aromatic rings. The second-order valence-corrected chi connectivity index (χ2v) is 6.26. The molecular formula is C15H19F3N2O2S. The number of hydrogen-bond donors (Lipinski definition) is 0. The van der Waals surface area contributed by atoms with Crippen molar-refractivity contribution in [3.05, 3.63) is 23.9 Å². The quantitative estimate of drug-likeness (QED) is 0.739. The Morgan fingerprint density at radius 2 is 2.30 bits per heavy atom. The van der Waals surface area contributed by atoms with Crippen LogP contribution in [0.1, 0.15) is 30.1 Å². The van der Waals surface area contributed by atoms with Gasteiger partial charge in [0.05, 0.1) is 16.9 Å². The third-order valence-corrected chi connectivity index (χ3v) is 4.47. The van der Waals surface area contributed by atoms with Gasteiger partial charge in [-0.25, -0.2) is 4.98 Å². The standard InChI is InChI=1S/C15H19F3N2O2S/c1-2-20(9-12-4-3-7-22-12)14(21)11-5-6-19-13(8-11)23-10-15(16,17)18/h5-6,8,12H,2-4,7,9-10H2,1H3. The van der Waals surface area contributed by atoms with Gasteiger partial charge in [0.2, 0.25) is 0 Å². The molecular weight excluding hydrogens is 329 g/mol. The normalized spacial score (nSPS) is 18.2. The summed E-state index contributed by atoms with van der Waals surface area (Å²) in [7, 11) is 0. The van der Waals surface area contributed by atoms with Gasteiger partial charge >= 0.3 is 6.18 Å². The molecule has 1 unspecified atom stereocenters. The Hall–Kier alpha value is -1.28. The molecule has 1 amide bonds. The van der Waals surface area contributed by atoms with Gasteiger partial charge in [-0.15, -0.1) is 0 Å². The van der Waals surface area contributed by atoms with Crippen LogP contribution in [0.25, 0.3) is 0 Å². The van der Waals surface area contributed by atoms with Crippen molar-refractivity contribution < 1.29 is 22.7 Å². The molecule has 1 fully saturated rings. The lowest BCUT2D eigenvalue weighted by Gasteiger charge is -2.24. The van der Waals surface area contributed by atoms with E-state index >= 15 is 0 Å². The first kappa shape index (κ1) is 18.1. The van der Waals surface area contributed by atoms with Gasteiger partial charge in [0.25, 0.3) is 5.91 Å². The number of thioether (sulfide) groups is 1. The monoisotopic (exact) mass is 348 g/mol. The summed E-state index contributed by atoms with van der Waals surface area (Å²) in [6.45, 7) is 3.60. The van der Waals surface area contributed by atoms with E-state index in [0.717, 1.165) is 12.8 Å². The number of carbonyl (C=O) groups excluding carboxylic acids is 1. The highest BCUT2D eigenvalue weighted by molar-refractivity contribution is 7.99. The molecule has 0 radical (unpaired) electrons. The van der Waals surface area contributed by atoms with E-state index in [2.05, 4.69) is 4.98 Å². The van der Waals surface area contributed by atoms with Crippen molar-refractivity contribution in [3.63, 3.8) is 0 Å². The van der Waals surface area contributed by atoms with Crippen molar-refractivity contribution in [1.82, 2.24) is 9.88 Å². The van der Waals surface area contributed by atoms with Gasteiger partial charge < -0.3 is 9.64 Å². The lowest BCUT2D eigenvalue weighted by Crippen LogP contribution is -2.37. The summed E-state index contributed by atoms with van der Waals surface area (Å²) in [5.41, 5.74) is 0.351. The van der Waals surface area contributed by atoms with Gasteiger partial charge in [0.15, 0.2) is 0 Å².